The number of carboxylic acids is 1. The Morgan fingerprint density at radius 2 is 1.67 bits per heavy atom. The summed E-state index contributed by atoms with van der Waals surface area (Å²) in [6, 6.07) is 9.27. The van der Waals surface area contributed by atoms with Crippen LogP contribution in [0.15, 0.2) is 56.3 Å². The van der Waals surface area contributed by atoms with E-state index in [1.165, 1.54) is 11.8 Å². The molecule has 244 valence electrons. The first-order chi connectivity index (χ1) is 21.9. The van der Waals surface area contributed by atoms with E-state index in [4.69, 9.17) is 8.83 Å². The minimum atomic E-state index is -1.18. The molecule has 2 aromatic carbocycles. The maximum Gasteiger partial charge on any atom is 0.340 e. The Bertz CT molecular complexity index is 1810. The van der Waals surface area contributed by atoms with Gasteiger partial charge in [0.15, 0.2) is 0 Å². The first-order valence-corrected chi connectivity index (χ1v) is 16.2. The van der Waals surface area contributed by atoms with Crippen LogP contribution < -0.4 is 21.6 Å². The summed E-state index contributed by atoms with van der Waals surface area (Å²) < 4.78 is 11.2. The largest absolute Gasteiger partial charge is 0.480 e. The maximum atomic E-state index is 13.2. The van der Waals surface area contributed by atoms with Gasteiger partial charge in [0.1, 0.15) is 23.2 Å². The highest BCUT2D eigenvalue weighted by molar-refractivity contribution is 7.98. The fraction of sp³-hybridized carbons (Fsp3) is 0.382. The number of carboxylic acid groups (broad SMARTS) is 1. The number of rotatable bonds is 14. The number of thioether (sulfide) groups is 1. The van der Waals surface area contributed by atoms with Crippen LogP contribution in [0.1, 0.15) is 48.1 Å². The van der Waals surface area contributed by atoms with Crippen molar-refractivity contribution in [2.24, 2.45) is 5.92 Å². The van der Waals surface area contributed by atoms with Gasteiger partial charge >= 0.3 is 11.6 Å². The molecule has 12 heteroatoms. The molecule has 46 heavy (non-hydrogen) atoms. The minimum Gasteiger partial charge on any atom is -0.480 e. The molecule has 2 aromatic heterocycles. The molecule has 0 bridgehead atoms. The van der Waals surface area contributed by atoms with Crippen molar-refractivity contribution in [3.63, 3.8) is 0 Å². The molecular formula is C34H39N3O8S. The highest BCUT2D eigenvalue weighted by Crippen LogP contribution is 2.32. The molecule has 4 rings (SSSR count). The van der Waals surface area contributed by atoms with Gasteiger partial charge in [-0.15, -0.1) is 0 Å². The monoisotopic (exact) mass is 649 g/mol. The predicted octanol–water partition coefficient (Wildman–Crippen LogP) is 4.16. The lowest BCUT2D eigenvalue weighted by atomic mass is 9.98. The number of fused-ring (bicyclic) bond motifs is 2. The Labute approximate surface area is 270 Å². The van der Waals surface area contributed by atoms with Gasteiger partial charge in [-0.25, -0.2) is 9.59 Å². The van der Waals surface area contributed by atoms with Crippen LogP contribution >= 0.6 is 11.8 Å². The van der Waals surface area contributed by atoms with Crippen molar-refractivity contribution < 1.29 is 33.1 Å². The highest BCUT2D eigenvalue weighted by Gasteiger charge is 2.30. The number of carbonyl (C=O) groups excluding carboxylic acids is 3. The van der Waals surface area contributed by atoms with E-state index in [1.807, 2.05) is 50.2 Å². The van der Waals surface area contributed by atoms with Crippen LogP contribution in [-0.2, 0) is 31.4 Å². The first-order valence-electron chi connectivity index (χ1n) is 15.1. The zero-order valence-corrected chi connectivity index (χ0v) is 27.3. The van der Waals surface area contributed by atoms with Crippen molar-refractivity contribution in [3.05, 3.63) is 80.9 Å². The molecule has 0 saturated heterocycles. The van der Waals surface area contributed by atoms with Gasteiger partial charge in [0.05, 0.1) is 24.8 Å². The van der Waals surface area contributed by atoms with E-state index in [-0.39, 0.29) is 23.7 Å². The molecule has 4 aromatic rings. The van der Waals surface area contributed by atoms with E-state index in [2.05, 4.69) is 16.0 Å². The molecule has 0 aliphatic carbocycles. The molecule has 4 N–H and O–H groups in total. The molecule has 2 heterocycles. The van der Waals surface area contributed by atoms with Crippen LogP contribution in [0.5, 0.6) is 0 Å². The summed E-state index contributed by atoms with van der Waals surface area (Å²) in [4.78, 5) is 63.6. The van der Waals surface area contributed by atoms with Gasteiger partial charge in [0.25, 0.3) is 0 Å². The summed E-state index contributed by atoms with van der Waals surface area (Å²) in [6.07, 6.45) is 1.86. The van der Waals surface area contributed by atoms with Crippen molar-refractivity contribution in [2.75, 3.05) is 12.3 Å². The standard InChI is InChI=1S/C34H39N3O8S/c1-6-18(2)29(32(40)36-26(33(41)42)17-46-16-22-10-8-7-9-11-22)37-28(39)14-35-27(38)13-25-20(4)24-12-23-19(3)15-44-30(23)21(5)31(24)45-34(25)43/h7-12,15,18,26,29H,6,13-14,16-17H2,1-5H3,(H,35,38)(H,36,40)(H,37,39)(H,41,42)/t18-,26+,29+/m0/s1. The normalized spacial score (nSPS) is 13.2. The van der Waals surface area contributed by atoms with E-state index < -0.39 is 47.9 Å². The number of furan rings is 1. The van der Waals surface area contributed by atoms with Crippen LogP contribution in [0.2, 0.25) is 0 Å². The SMILES string of the molecule is CC[C@H](C)[C@@H](NC(=O)CNC(=O)Cc1c(C)c2cc3c(C)coc3c(C)c2oc1=O)C(=O)N[C@H](CSCc1ccccc1)C(=O)O. The van der Waals surface area contributed by atoms with Gasteiger partial charge in [0, 0.05) is 27.8 Å². The predicted molar refractivity (Wildman–Crippen MR) is 177 cm³/mol. The topological polar surface area (TPSA) is 168 Å². The second kappa shape index (κ2) is 15.1. The van der Waals surface area contributed by atoms with E-state index in [0.29, 0.717) is 39.9 Å². The van der Waals surface area contributed by atoms with Crippen LogP contribution in [0.25, 0.3) is 21.9 Å². The number of aryl methyl sites for hydroxylation is 3. The number of benzene rings is 2. The van der Waals surface area contributed by atoms with Crippen LogP contribution in [0.3, 0.4) is 0 Å². The van der Waals surface area contributed by atoms with Crippen LogP contribution in [-0.4, -0.2) is 53.2 Å². The number of hydrogen-bond acceptors (Lipinski definition) is 8. The molecule has 0 fully saturated rings. The Morgan fingerprint density at radius 1 is 0.957 bits per heavy atom. The summed E-state index contributed by atoms with van der Waals surface area (Å²) >= 11 is 1.38. The lowest BCUT2D eigenvalue weighted by Crippen LogP contribution is -2.56. The van der Waals surface area contributed by atoms with Crippen molar-refractivity contribution in [2.45, 2.75) is 65.3 Å². The van der Waals surface area contributed by atoms with Crippen LogP contribution in [0, 0.1) is 26.7 Å². The number of amides is 3. The molecule has 3 atom stereocenters. The summed E-state index contributed by atoms with van der Waals surface area (Å²) in [5, 5.41) is 19.0. The van der Waals surface area contributed by atoms with Crippen molar-refractivity contribution in [1.29, 1.82) is 0 Å². The van der Waals surface area contributed by atoms with Gasteiger partial charge in [-0.1, -0.05) is 50.6 Å². The van der Waals surface area contributed by atoms with Gasteiger partial charge in [-0.05, 0) is 49.4 Å². The third-order valence-corrected chi connectivity index (χ3v) is 9.25. The van der Waals surface area contributed by atoms with Gasteiger partial charge in [-0.2, -0.15) is 11.8 Å². The average Bonchev–Trinajstić information content (AvgIpc) is 3.41. The lowest BCUT2D eigenvalue weighted by molar-refractivity contribution is -0.141. The van der Waals surface area contributed by atoms with E-state index >= 15 is 0 Å². The molecular weight excluding hydrogens is 610 g/mol. The summed E-state index contributed by atoms with van der Waals surface area (Å²) in [5.74, 6) is -2.60. The maximum absolute atomic E-state index is 13.2. The molecule has 0 spiro atoms. The molecule has 11 nitrogen and oxygen atoms in total. The molecule has 0 radical (unpaired) electrons. The average molecular weight is 650 g/mol. The van der Waals surface area contributed by atoms with Gasteiger partial charge < -0.3 is 29.9 Å². The fourth-order valence-corrected chi connectivity index (χ4v) is 6.16. The Morgan fingerprint density at radius 3 is 2.35 bits per heavy atom. The lowest BCUT2D eigenvalue weighted by Gasteiger charge is -2.25. The second-order valence-electron chi connectivity index (χ2n) is 11.5. The quantitative estimate of drug-likeness (QED) is 0.147. The second-order valence-corrected chi connectivity index (χ2v) is 12.5. The van der Waals surface area contributed by atoms with Gasteiger partial charge in [0.2, 0.25) is 17.7 Å². The van der Waals surface area contributed by atoms with E-state index in [1.54, 1.807) is 27.0 Å². The highest BCUT2D eigenvalue weighted by atomic mass is 32.2. The zero-order valence-electron chi connectivity index (χ0n) is 26.5. The molecule has 0 aliphatic rings. The number of nitrogens with one attached hydrogen (secondary N) is 3. The summed E-state index contributed by atoms with van der Waals surface area (Å²) in [6.45, 7) is 8.64. The number of carbonyl (C=O) groups is 4. The third kappa shape index (κ3) is 7.97. The smallest absolute Gasteiger partial charge is 0.340 e. The Balaban J connectivity index is 1.37. The first kappa shape index (κ1) is 34.3. The van der Waals surface area contributed by atoms with Crippen molar-refractivity contribution >= 4 is 57.4 Å². The molecule has 3 amide bonds. The van der Waals surface area contributed by atoms with E-state index in [0.717, 1.165) is 16.5 Å². The van der Waals surface area contributed by atoms with Gasteiger partial charge in [-0.3, -0.25) is 14.4 Å². The summed E-state index contributed by atoms with van der Waals surface area (Å²) in [5.41, 5.74) is 3.80. The summed E-state index contributed by atoms with van der Waals surface area (Å²) in [7, 11) is 0. The molecule has 0 unspecified atom stereocenters. The fourth-order valence-electron chi connectivity index (χ4n) is 5.16. The van der Waals surface area contributed by atoms with E-state index in [9.17, 15) is 29.1 Å². The zero-order chi connectivity index (χ0) is 33.5. The Kier molecular flexibility index (Phi) is 11.3. The van der Waals surface area contributed by atoms with Crippen molar-refractivity contribution in [1.82, 2.24) is 16.0 Å². The van der Waals surface area contributed by atoms with Crippen molar-refractivity contribution in [3.8, 4) is 0 Å². The molecule has 0 saturated carbocycles. The Hall–Kier alpha value is -4.58. The minimum absolute atomic E-state index is 0.140. The molecule has 0 aliphatic heterocycles. The third-order valence-electron chi connectivity index (χ3n) is 8.14. The number of aliphatic carboxylic acids is 1. The van der Waals surface area contributed by atoms with Crippen LogP contribution in [0.4, 0.5) is 0 Å². The number of hydrogen-bond donors (Lipinski definition) is 4.